The Balaban J connectivity index is 2.19. The van der Waals surface area contributed by atoms with Crippen molar-refractivity contribution in [2.75, 3.05) is 0 Å². The molecule has 0 saturated heterocycles. The van der Waals surface area contributed by atoms with E-state index >= 15 is 0 Å². The number of aryl methyl sites for hydroxylation is 1. The van der Waals surface area contributed by atoms with Crippen molar-refractivity contribution in [3.05, 3.63) is 69.2 Å². The van der Waals surface area contributed by atoms with Crippen LogP contribution in [-0.2, 0) is 6.42 Å². The lowest BCUT2D eigenvalue weighted by atomic mass is 10.0. The third-order valence-corrected chi connectivity index (χ3v) is 4.04. The normalized spacial score (nSPS) is 12.4. The van der Waals surface area contributed by atoms with Gasteiger partial charge in [0, 0.05) is 10.0 Å². The molecule has 18 heavy (non-hydrogen) atoms. The molecule has 3 heteroatoms. The van der Waals surface area contributed by atoms with Crippen molar-refractivity contribution in [1.82, 2.24) is 0 Å². The van der Waals surface area contributed by atoms with Gasteiger partial charge in [-0.1, -0.05) is 53.5 Å². The van der Waals surface area contributed by atoms with Crippen LogP contribution in [0, 0.1) is 6.92 Å². The first kappa shape index (κ1) is 13.7. The van der Waals surface area contributed by atoms with Crippen LogP contribution in [0.4, 0.5) is 0 Å². The van der Waals surface area contributed by atoms with E-state index in [4.69, 9.17) is 34.8 Å². The molecule has 0 spiro atoms. The number of benzene rings is 2. The summed E-state index contributed by atoms with van der Waals surface area (Å²) >= 11 is 18.6. The first-order valence-electron chi connectivity index (χ1n) is 5.71. The number of halogens is 3. The van der Waals surface area contributed by atoms with Gasteiger partial charge in [0.1, 0.15) is 0 Å². The third kappa shape index (κ3) is 3.20. The average Bonchev–Trinajstić information content (AvgIpc) is 2.35. The molecule has 0 saturated carbocycles. The third-order valence-electron chi connectivity index (χ3n) is 2.89. The largest absolute Gasteiger partial charge is 0.117 e. The van der Waals surface area contributed by atoms with E-state index in [0.29, 0.717) is 0 Å². The first-order chi connectivity index (χ1) is 8.58. The molecule has 0 aliphatic carbocycles. The Bertz CT molecular complexity index is 532. The van der Waals surface area contributed by atoms with Crippen LogP contribution in [-0.4, -0.2) is 0 Å². The van der Waals surface area contributed by atoms with E-state index in [2.05, 4.69) is 0 Å². The molecule has 0 aliphatic heterocycles. The van der Waals surface area contributed by atoms with Crippen LogP contribution in [0.5, 0.6) is 0 Å². The minimum Gasteiger partial charge on any atom is -0.117 e. The highest BCUT2D eigenvalue weighted by Crippen LogP contribution is 2.32. The Morgan fingerprint density at radius 1 is 1.00 bits per heavy atom. The fourth-order valence-corrected chi connectivity index (χ4v) is 2.65. The second-order valence-corrected chi connectivity index (χ2v) is 5.62. The Morgan fingerprint density at radius 3 is 2.33 bits per heavy atom. The van der Waals surface area contributed by atoms with E-state index in [-0.39, 0.29) is 5.38 Å². The van der Waals surface area contributed by atoms with Crippen molar-refractivity contribution in [3.63, 3.8) is 0 Å². The molecule has 2 aromatic rings. The van der Waals surface area contributed by atoms with Gasteiger partial charge >= 0.3 is 0 Å². The zero-order chi connectivity index (χ0) is 13.1. The number of hydrogen-bond acceptors (Lipinski definition) is 0. The van der Waals surface area contributed by atoms with Crippen LogP contribution in [0.2, 0.25) is 10.0 Å². The highest BCUT2D eigenvalue weighted by molar-refractivity contribution is 6.33. The van der Waals surface area contributed by atoms with Crippen LogP contribution in [0.3, 0.4) is 0 Å². The number of hydrogen-bond donors (Lipinski definition) is 0. The Hall–Kier alpha value is -0.690. The van der Waals surface area contributed by atoms with Crippen molar-refractivity contribution in [2.45, 2.75) is 18.7 Å². The van der Waals surface area contributed by atoms with Gasteiger partial charge in [0.05, 0.1) is 5.38 Å². The maximum absolute atomic E-state index is 6.44. The predicted molar refractivity (Wildman–Crippen MR) is 79.9 cm³/mol. The molecule has 0 bridgehead atoms. The molecule has 1 unspecified atom stereocenters. The average molecular weight is 300 g/mol. The molecule has 0 heterocycles. The summed E-state index contributed by atoms with van der Waals surface area (Å²) in [5, 5.41) is 1.36. The molecule has 0 fully saturated rings. The molecule has 0 nitrogen and oxygen atoms in total. The number of alkyl halides is 1. The van der Waals surface area contributed by atoms with Gasteiger partial charge in [-0.2, -0.15) is 0 Å². The summed E-state index contributed by atoms with van der Waals surface area (Å²) in [4.78, 5) is 0. The Labute approximate surface area is 122 Å². The summed E-state index contributed by atoms with van der Waals surface area (Å²) in [5.41, 5.74) is 3.18. The van der Waals surface area contributed by atoms with Gasteiger partial charge in [0.2, 0.25) is 0 Å². The second kappa shape index (κ2) is 5.97. The van der Waals surface area contributed by atoms with Crippen LogP contribution in [0.25, 0.3) is 0 Å². The number of rotatable bonds is 3. The Kier molecular flexibility index (Phi) is 4.55. The summed E-state index contributed by atoms with van der Waals surface area (Å²) in [6.45, 7) is 1.98. The zero-order valence-electron chi connectivity index (χ0n) is 9.96. The maximum Gasteiger partial charge on any atom is 0.0640 e. The first-order valence-corrected chi connectivity index (χ1v) is 6.90. The zero-order valence-corrected chi connectivity index (χ0v) is 12.2. The maximum atomic E-state index is 6.44. The van der Waals surface area contributed by atoms with Gasteiger partial charge in [-0.05, 0) is 42.2 Å². The molecule has 0 amide bonds. The van der Waals surface area contributed by atoms with Crippen molar-refractivity contribution in [2.24, 2.45) is 0 Å². The van der Waals surface area contributed by atoms with Gasteiger partial charge in [0.15, 0.2) is 0 Å². The lowest BCUT2D eigenvalue weighted by Crippen LogP contribution is -1.97. The predicted octanol–water partition coefficient (Wildman–Crippen LogP) is 5.82. The smallest absolute Gasteiger partial charge is 0.0640 e. The monoisotopic (exact) mass is 298 g/mol. The second-order valence-electron chi connectivity index (χ2n) is 4.28. The fourth-order valence-electron chi connectivity index (χ4n) is 1.85. The van der Waals surface area contributed by atoms with Gasteiger partial charge in [-0.3, -0.25) is 0 Å². The molecule has 0 aromatic heterocycles. The van der Waals surface area contributed by atoms with E-state index in [0.717, 1.165) is 33.2 Å². The van der Waals surface area contributed by atoms with Gasteiger partial charge in [-0.15, -0.1) is 11.6 Å². The van der Waals surface area contributed by atoms with Gasteiger partial charge in [-0.25, -0.2) is 0 Å². The summed E-state index contributed by atoms with van der Waals surface area (Å²) in [6, 6.07) is 13.7. The van der Waals surface area contributed by atoms with Crippen LogP contribution >= 0.6 is 34.8 Å². The highest BCUT2D eigenvalue weighted by atomic mass is 35.5. The van der Waals surface area contributed by atoms with E-state index in [1.165, 1.54) is 0 Å². The molecule has 0 N–H and O–H groups in total. The Morgan fingerprint density at radius 2 is 1.67 bits per heavy atom. The van der Waals surface area contributed by atoms with Gasteiger partial charge < -0.3 is 0 Å². The van der Waals surface area contributed by atoms with Crippen molar-refractivity contribution >= 4 is 34.8 Å². The summed E-state index contributed by atoms with van der Waals surface area (Å²) in [7, 11) is 0. The van der Waals surface area contributed by atoms with Gasteiger partial charge in [0.25, 0.3) is 0 Å². The van der Waals surface area contributed by atoms with E-state index in [1.807, 2.05) is 49.4 Å². The summed E-state index contributed by atoms with van der Waals surface area (Å²) in [5.74, 6) is 0. The molecule has 1 atom stereocenters. The van der Waals surface area contributed by atoms with Crippen molar-refractivity contribution in [3.8, 4) is 0 Å². The van der Waals surface area contributed by atoms with Crippen molar-refractivity contribution < 1.29 is 0 Å². The summed E-state index contributed by atoms with van der Waals surface area (Å²) < 4.78 is 0. The van der Waals surface area contributed by atoms with Crippen LogP contribution in [0.15, 0.2) is 42.5 Å². The lowest BCUT2D eigenvalue weighted by Gasteiger charge is -2.13. The van der Waals surface area contributed by atoms with Crippen LogP contribution < -0.4 is 0 Å². The SMILES string of the molecule is Cc1cccc(C(Cl)Cc2ccc(Cl)cc2)c1Cl. The molecule has 2 rings (SSSR count). The van der Waals surface area contributed by atoms with E-state index < -0.39 is 0 Å². The highest BCUT2D eigenvalue weighted by Gasteiger charge is 2.13. The quantitative estimate of drug-likeness (QED) is 0.626. The fraction of sp³-hybridized carbons (Fsp3) is 0.200. The lowest BCUT2D eigenvalue weighted by molar-refractivity contribution is 0.918. The minimum atomic E-state index is -0.126. The molecule has 0 radical (unpaired) electrons. The van der Waals surface area contributed by atoms with E-state index in [1.54, 1.807) is 0 Å². The molecular weight excluding hydrogens is 287 g/mol. The molecule has 94 valence electrons. The molecule has 0 aliphatic rings. The molecule has 2 aromatic carbocycles. The topological polar surface area (TPSA) is 0 Å². The standard InChI is InChI=1S/C15H13Cl3/c1-10-3-2-4-13(15(10)18)14(17)9-11-5-7-12(16)8-6-11/h2-8,14H,9H2,1H3. The minimum absolute atomic E-state index is 0.126. The molecular formula is C15H13Cl3. The summed E-state index contributed by atoms with van der Waals surface area (Å²) in [6.07, 6.45) is 0.738. The van der Waals surface area contributed by atoms with Crippen LogP contribution in [0.1, 0.15) is 22.1 Å². The van der Waals surface area contributed by atoms with E-state index in [9.17, 15) is 0 Å². The van der Waals surface area contributed by atoms with Crippen molar-refractivity contribution in [1.29, 1.82) is 0 Å².